The van der Waals surface area contributed by atoms with Crippen LogP contribution in [0, 0.1) is 5.41 Å². The minimum atomic E-state index is -1.04. The number of carboxylic acid groups (broad SMARTS) is 1. The van der Waals surface area contributed by atoms with Crippen molar-refractivity contribution in [3.8, 4) is 0 Å². The molecule has 0 saturated heterocycles. The number of hydrogen-bond donors (Lipinski definition) is 2. The van der Waals surface area contributed by atoms with Gasteiger partial charge in [0.2, 0.25) is 5.91 Å². The van der Waals surface area contributed by atoms with Gasteiger partial charge in [0, 0.05) is 24.8 Å². The van der Waals surface area contributed by atoms with Gasteiger partial charge in [-0.1, -0.05) is 13.8 Å². The minimum Gasteiger partial charge on any atom is -0.477 e. The zero-order chi connectivity index (χ0) is 14.9. The zero-order valence-electron chi connectivity index (χ0n) is 11.9. The molecule has 2 atom stereocenters. The van der Waals surface area contributed by atoms with Gasteiger partial charge in [-0.25, -0.2) is 4.79 Å². The Bertz CT molecular complexity index is 521. The second-order valence-corrected chi connectivity index (χ2v) is 5.73. The van der Waals surface area contributed by atoms with Crippen molar-refractivity contribution in [1.29, 1.82) is 0 Å². The SMILES string of the molecule is COC1CC(NC(=O)Cn2cccc2C(=O)O)C1(C)C. The summed E-state index contributed by atoms with van der Waals surface area (Å²) in [5.74, 6) is -1.22. The average Bonchev–Trinajstić information content (AvgIpc) is 2.82. The Labute approximate surface area is 117 Å². The van der Waals surface area contributed by atoms with Gasteiger partial charge in [-0.05, 0) is 18.6 Å². The molecule has 1 amide bonds. The van der Waals surface area contributed by atoms with E-state index < -0.39 is 5.97 Å². The van der Waals surface area contributed by atoms with E-state index in [9.17, 15) is 9.59 Å². The molecular formula is C14H20N2O4. The van der Waals surface area contributed by atoms with Crippen molar-refractivity contribution >= 4 is 11.9 Å². The van der Waals surface area contributed by atoms with E-state index in [1.165, 1.54) is 10.6 Å². The van der Waals surface area contributed by atoms with Crippen LogP contribution in [0.3, 0.4) is 0 Å². The predicted molar refractivity (Wildman–Crippen MR) is 72.5 cm³/mol. The number of carboxylic acids is 1. The van der Waals surface area contributed by atoms with Crippen molar-refractivity contribution in [2.75, 3.05) is 7.11 Å². The molecule has 0 radical (unpaired) electrons. The summed E-state index contributed by atoms with van der Waals surface area (Å²) in [4.78, 5) is 23.0. The fourth-order valence-corrected chi connectivity index (χ4v) is 2.67. The van der Waals surface area contributed by atoms with Crippen LogP contribution in [0.1, 0.15) is 30.8 Å². The standard InChI is InChI=1S/C14H20N2O4/c1-14(2)10(7-11(14)20-3)15-12(17)8-16-6-4-5-9(16)13(18)19/h4-6,10-11H,7-8H2,1-3H3,(H,15,17)(H,18,19). The summed E-state index contributed by atoms with van der Waals surface area (Å²) in [5, 5.41) is 11.9. The van der Waals surface area contributed by atoms with E-state index in [1.807, 2.05) is 13.8 Å². The lowest BCUT2D eigenvalue weighted by molar-refractivity contribution is -0.133. The lowest BCUT2D eigenvalue weighted by Gasteiger charge is -2.51. The molecular weight excluding hydrogens is 260 g/mol. The predicted octanol–water partition coefficient (Wildman–Crippen LogP) is 1.12. The molecule has 2 N–H and O–H groups in total. The topological polar surface area (TPSA) is 80.6 Å². The van der Waals surface area contributed by atoms with E-state index in [4.69, 9.17) is 9.84 Å². The lowest BCUT2D eigenvalue weighted by atomic mass is 9.64. The zero-order valence-corrected chi connectivity index (χ0v) is 11.9. The number of ether oxygens (including phenoxy) is 1. The summed E-state index contributed by atoms with van der Waals surface area (Å²) in [6.45, 7) is 4.11. The lowest BCUT2D eigenvalue weighted by Crippen LogP contribution is -2.62. The number of aromatic nitrogens is 1. The second kappa shape index (κ2) is 5.28. The molecule has 2 rings (SSSR count). The van der Waals surface area contributed by atoms with Crippen LogP contribution in [0.15, 0.2) is 18.3 Å². The molecule has 1 aliphatic rings. The minimum absolute atomic E-state index is 0.0128. The van der Waals surface area contributed by atoms with Gasteiger partial charge in [0.15, 0.2) is 0 Å². The quantitative estimate of drug-likeness (QED) is 0.847. The number of aromatic carboxylic acids is 1. The molecule has 1 aromatic heterocycles. The van der Waals surface area contributed by atoms with Crippen LogP contribution in [0.25, 0.3) is 0 Å². The molecule has 1 fully saturated rings. The van der Waals surface area contributed by atoms with Crippen LogP contribution in [-0.4, -0.2) is 40.8 Å². The molecule has 20 heavy (non-hydrogen) atoms. The van der Waals surface area contributed by atoms with Crippen molar-refractivity contribution in [3.63, 3.8) is 0 Å². The van der Waals surface area contributed by atoms with Crippen LogP contribution < -0.4 is 5.32 Å². The maximum Gasteiger partial charge on any atom is 0.352 e. The highest BCUT2D eigenvalue weighted by atomic mass is 16.5. The number of methoxy groups -OCH3 is 1. The maximum atomic E-state index is 12.0. The number of carbonyl (C=O) groups excluding carboxylic acids is 1. The maximum absolute atomic E-state index is 12.0. The third-order valence-electron chi connectivity index (χ3n) is 4.16. The molecule has 0 spiro atoms. The van der Waals surface area contributed by atoms with E-state index in [-0.39, 0.29) is 35.7 Å². The smallest absolute Gasteiger partial charge is 0.352 e. The van der Waals surface area contributed by atoms with Gasteiger partial charge in [0.25, 0.3) is 0 Å². The summed E-state index contributed by atoms with van der Waals surface area (Å²) >= 11 is 0. The largest absolute Gasteiger partial charge is 0.477 e. The first-order chi connectivity index (χ1) is 9.36. The van der Waals surface area contributed by atoms with E-state index >= 15 is 0 Å². The average molecular weight is 280 g/mol. The molecule has 0 aliphatic heterocycles. The molecule has 110 valence electrons. The van der Waals surface area contributed by atoms with Crippen molar-refractivity contribution in [2.24, 2.45) is 5.41 Å². The Morgan fingerprint density at radius 2 is 2.25 bits per heavy atom. The van der Waals surface area contributed by atoms with Crippen LogP contribution in [-0.2, 0) is 16.1 Å². The van der Waals surface area contributed by atoms with Gasteiger partial charge in [0.1, 0.15) is 12.2 Å². The molecule has 1 saturated carbocycles. The molecule has 0 bridgehead atoms. The summed E-state index contributed by atoms with van der Waals surface area (Å²) < 4.78 is 6.76. The van der Waals surface area contributed by atoms with E-state index in [0.29, 0.717) is 0 Å². The van der Waals surface area contributed by atoms with Gasteiger partial charge in [-0.3, -0.25) is 4.79 Å². The van der Waals surface area contributed by atoms with Crippen LogP contribution in [0.5, 0.6) is 0 Å². The van der Waals surface area contributed by atoms with Crippen molar-refractivity contribution in [2.45, 2.75) is 39.0 Å². The molecule has 0 aromatic carbocycles. The van der Waals surface area contributed by atoms with Crippen molar-refractivity contribution < 1.29 is 19.4 Å². The highest BCUT2D eigenvalue weighted by Crippen LogP contribution is 2.42. The van der Waals surface area contributed by atoms with Crippen LogP contribution >= 0.6 is 0 Å². The van der Waals surface area contributed by atoms with E-state index in [2.05, 4.69) is 5.32 Å². The highest BCUT2D eigenvalue weighted by molar-refractivity contribution is 5.87. The van der Waals surface area contributed by atoms with Crippen molar-refractivity contribution in [3.05, 3.63) is 24.0 Å². The number of hydrogen-bond acceptors (Lipinski definition) is 3. The van der Waals surface area contributed by atoms with Gasteiger partial charge < -0.3 is 19.7 Å². The Morgan fingerprint density at radius 1 is 1.55 bits per heavy atom. The Morgan fingerprint density at radius 3 is 2.80 bits per heavy atom. The van der Waals surface area contributed by atoms with Gasteiger partial charge in [0.05, 0.1) is 6.10 Å². The summed E-state index contributed by atoms with van der Waals surface area (Å²) in [5.41, 5.74) is 0.0132. The van der Waals surface area contributed by atoms with Crippen molar-refractivity contribution in [1.82, 2.24) is 9.88 Å². The number of rotatable bonds is 5. The first-order valence-corrected chi connectivity index (χ1v) is 6.57. The third kappa shape index (κ3) is 2.56. The Hall–Kier alpha value is -1.82. The summed E-state index contributed by atoms with van der Waals surface area (Å²) in [6.07, 6.45) is 2.52. The fraction of sp³-hybridized carbons (Fsp3) is 0.571. The number of nitrogens with one attached hydrogen (secondary N) is 1. The summed E-state index contributed by atoms with van der Waals surface area (Å²) in [7, 11) is 1.67. The third-order valence-corrected chi connectivity index (χ3v) is 4.16. The highest BCUT2D eigenvalue weighted by Gasteiger charge is 2.49. The molecule has 6 nitrogen and oxygen atoms in total. The first-order valence-electron chi connectivity index (χ1n) is 6.57. The van der Waals surface area contributed by atoms with Crippen LogP contribution in [0.4, 0.5) is 0 Å². The molecule has 1 heterocycles. The van der Waals surface area contributed by atoms with Gasteiger partial charge in [-0.2, -0.15) is 0 Å². The first kappa shape index (κ1) is 14.6. The monoisotopic (exact) mass is 280 g/mol. The Kier molecular flexibility index (Phi) is 3.85. The number of amides is 1. The van der Waals surface area contributed by atoms with E-state index in [1.54, 1.807) is 19.4 Å². The Balaban J connectivity index is 1.94. The molecule has 6 heteroatoms. The molecule has 1 aliphatic carbocycles. The normalized spacial score (nSPS) is 23.9. The number of nitrogens with zero attached hydrogens (tertiary/aromatic N) is 1. The van der Waals surface area contributed by atoms with E-state index in [0.717, 1.165) is 6.42 Å². The molecule has 1 aromatic rings. The number of carbonyl (C=O) groups is 2. The fourth-order valence-electron chi connectivity index (χ4n) is 2.67. The van der Waals surface area contributed by atoms with Crippen LogP contribution in [0.2, 0.25) is 0 Å². The van der Waals surface area contributed by atoms with Gasteiger partial charge in [-0.15, -0.1) is 0 Å². The van der Waals surface area contributed by atoms with Gasteiger partial charge >= 0.3 is 5.97 Å². The summed E-state index contributed by atoms with van der Waals surface area (Å²) in [6, 6.07) is 3.15. The molecule has 2 unspecified atom stereocenters. The second-order valence-electron chi connectivity index (χ2n) is 5.73.